The van der Waals surface area contributed by atoms with E-state index in [1.165, 1.54) is 0 Å². The van der Waals surface area contributed by atoms with Crippen LogP contribution in [0.2, 0.25) is 0 Å². The smallest absolute Gasteiger partial charge is 0.137 e. The van der Waals surface area contributed by atoms with E-state index in [4.69, 9.17) is 0 Å². The molecular formula is C11H18BrN3. The molecule has 4 heteroatoms. The number of aromatic nitrogens is 2. The Hall–Kier alpha value is -0.640. The van der Waals surface area contributed by atoms with Crippen LogP contribution in [0, 0.1) is 0 Å². The van der Waals surface area contributed by atoms with Crippen LogP contribution >= 0.6 is 15.9 Å². The highest BCUT2D eigenvalue weighted by molar-refractivity contribution is 9.10. The normalized spacial score (nSPS) is 11.9. The van der Waals surface area contributed by atoms with Crippen LogP contribution in [-0.4, -0.2) is 16.0 Å². The van der Waals surface area contributed by atoms with E-state index in [0.717, 1.165) is 16.2 Å². The molecule has 1 heterocycles. The van der Waals surface area contributed by atoms with E-state index >= 15 is 0 Å². The molecule has 0 fully saturated rings. The van der Waals surface area contributed by atoms with Crippen molar-refractivity contribution in [2.45, 2.75) is 46.1 Å². The summed E-state index contributed by atoms with van der Waals surface area (Å²) in [6.45, 7) is 10.5. The average molecular weight is 272 g/mol. The van der Waals surface area contributed by atoms with Gasteiger partial charge < -0.3 is 5.32 Å². The number of hydrogen-bond acceptors (Lipinski definition) is 3. The maximum absolute atomic E-state index is 4.49. The first-order chi connectivity index (χ1) is 6.79. The Balaban J connectivity index is 3.06. The van der Waals surface area contributed by atoms with Gasteiger partial charge in [-0.3, -0.25) is 0 Å². The molecule has 15 heavy (non-hydrogen) atoms. The molecule has 0 spiro atoms. The highest BCUT2D eigenvalue weighted by atomic mass is 79.9. The van der Waals surface area contributed by atoms with Gasteiger partial charge in [-0.2, -0.15) is 0 Å². The Morgan fingerprint density at radius 3 is 2.33 bits per heavy atom. The lowest BCUT2D eigenvalue weighted by molar-refractivity contribution is 0.544. The first-order valence-electron chi connectivity index (χ1n) is 5.10. The second kappa shape index (κ2) is 4.47. The van der Waals surface area contributed by atoms with Crippen LogP contribution < -0.4 is 5.32 Å². The zero-order chi connectivity index (χ0) is 11.6. The second-order valence-electron chi connectivity index (χ2n) is 4.95. The molecule has 0 bridgehead atoms. The summed E-state index contributed by atoms with van der Waals surface area (Å²) < 4.78 is 0.825. The SMILES string of the molecule is CC(C)Nc1cc(Br)nc(C(C)(C)C)n1. The van der Waals surface area contributed by atoms with Crippen molar-refractivity contribution >= 4 is 21.7 Å². The second-order valence-corrected chi connectivity index (χ2v) is 5.76. The minimum Gasteiger partial charge on any atom is -0.368 e. The van der Waals surface area contributed by atoms with Crippen molar-refractivity contribution in [3.63, 3.8) is 0 Å². The van der Waals surface area contributed by atoms with E-state index in [2.05, 4.69) is 65.8 Å². The van der Waals surface area contributed by atoms with E-state index in [9.17, 15) is 0 Å². The van der Waals surface area contributed by atoms with Gasteiger partial charge in [0.15, 0.2) is 0 Å². The van der Waals surface area contributed by atoms with Crippen LogP contribution in [-0.2, 0) is 5.41 Å². The van der Waals surface area contributed by atoms with E-state index in [-0.39, 0.29) is 5.41 Å². The largest absolute Gasteiger partial charge is 0.368 e. The minimum atomic E-state index is -0.0306. The highest BCUT2D eigenvalue weighted by Gasteiger charge is 2.18. The molecule has 0 aliphatic rings. The van der Waals surface area contributed by atoms with Crippen molar-refractivity contribution in [2.24, 2.45) is 0 Å². The number of nitrogens with one attached hydrogen (secondary N) is 1. The van der Waals surface area contributed by atoms with Crippen LogP contribution in [0.15, 0.2) is 10.7 Å². The fraction of sp³-hybridized carbons (Fsp3) is 0.636. The predicted octanol–water partition coefficient (Wildman–Crippen LogP) is 3.36. The summed E-state index contributed by atoms with van der Waals surface area (Å²) in [5.74, 6) is 1.72. The molecule has 1 rings (SSSR count). The van der Waals surface area contributed by atoms with Gasteiger partial charge >= 0.3 is 0 Å². The zero-order valence-corrected chi connectivity index (χ0v) is 11.5. The summed E-state index contributed by atoms with van der Waals surface area (Å²) in [6, 6.07) is 2.27. The fourth-order valence-corrected chi connectivity index (χ4v) is 1.51. The van der Waals surface area contributed by atoms with Gasteiger partial charge in [-0.25, -0.2) is 9.97 Å². The maximum Gasteiger partial charge on any atom is 0.137 e. The van der Waals surface area contributed by atoms with E-state index < -0.39 is 0 Å². The number of nitrogens with zero attached hydrogens (tertiary/aromatic N) is 2. The molecule has 84 valence electrons. The molecule has 1 aromatic heterocycles. The standard InChI is InChI=1S/C11H18BrN3/c1-7(2)13-9-6-8(12)14-10(15-9)11(3,4)5/h6-7H,1-5H3,(H,13,14,15). The third kappa shape index (κ3) is 3.78. The first-order valence-corrected chi connectivity index (χ1v) is 5.90. The van der Waals surface area contributed by atoms with Crippen LogP contribution in [0.5, 0.6) is 0 Å². The Morgan fingerprint density at radius 1 is 1.27 bits per heavy atom. The number of rotatable bonds is 2. The quantitative estimate of drug-likeness (QED) is 0.839. The first kappa shape index (κ1) is 12.4. The summed E-state index contributed by atoms with van der Waals surface area (Å²) in [5.41, 5.74) is -0.0306. The van der Waals surface area contributed by atoms with Gasteiger partial charge in [0.1, 0.15) is 16.2 Å². The Bertz CT molecular complexity index is 342. The number of anilines is 1. The van der Waals surface area contributed by atoms with E-state index in [1.807, 2.05) is 6.07 Å². The molecule has 0 atom stereocenters. The van der Waals surface area contributed by atoms with Crippen molar-refractivity contribution in [3.05, 3.63) is 16.5 Å². The Labute approximate surface area is 99.8 Å². The van der Waals surface area contributed by atoms with Crippen LogP contribution in [0.1, 0.15) is 40.4 Å². The Morgan fingerprint density at radius 2 is 1.87 bits per heavy atom. The molecular weight excluding hydrogens is 254 g/mol. The van der Waals surface area contributed by atoms with Gasteiger partial charge in [-0.1, -0.05) is 20.8 Å². The molecule has 0 aliphatic carbocycles. The molecule has 0 aromatic carbocycles. The topological polar surface area (TPSA) is 37.8 Å². The van der Waals surface area contributed by atoms with Crippen molar-refractivity contribution in [2.75, 3.05) is 5.32 Å². The van der Waals surface area contributed by atoms with Crippen LogP contribution in [0.3, 0.4) is 0 Å². The van der Waals surface area contributed by atoms with Crippen molar-refractivity contribution in [1.82, 2.24) is 9.97 Å². The molecule has 1 aromatic rings. The van der Waals surface area contributed by atoms with Gasteiger partial charge in [0, 0.05) is 17.5 Å². The zero-order valence-electron chi connectivity index (χ0n) is 9.93. The molecule has 0 saturated carbocycles. The summed E-state index contributed by atoms with van der Waals surface area (Å²) >= 11 is 3.40. The maximum atomic E-state index is 4.49. The molecule has 0 radical (unpaired) electrons. The van der Waals surface area contributed by atoms with E-state index in [0.29, 0.717) is 6.04 Å². The van der Waals surface area contributed by atoms with Crippen molar-refractivity contribution in [3.8, 4) is 0 Å². The molecule has 0 unspecified atom stereocenters. The third-order valence-electron chi connectivity index (χ3n) is 1.80. The van der Waals surface area contributed by atoms with Gasteiger partial charge in [0.2, 0.25) is 0 Å². The number of hydrogen-bond donors (Lipinski definition) is 1. The Kier molecular flexibility index (Phi) is 3.71. The van der Waals surface area contributed by atoms with Crippen LogP contribution in [0.4, 0.5) is 5.82 Å². The average Bonchev–Trinajstić information content (AvgIpc) is 1.99. The van der Waals surface area contributed by atoms with E-state index in [1.54, 1.807) is 0 Å². The summed E-state index contributed by atoms with van der Waals surface area (Å²) in [5, 5.41) is 3.28. The molecule has 0 amide bonds. The molecule has 0 saturated heterocycles. The number of halogens is 1. The molecule has 3 nitrogen and oxygen atoms in total. The molecule has 0 aliphatic heterocycles. The monoisotopic (exact) mass is 271 g/mol. The summed E-state index contributed by atoms with van der Waals surface area (Å²) in [4.78, 5) is 8.87. The highest BCUT2D eigenvalue weighted by Crippen LogP contribution is 2.22. The van der Waals surface area contributed by atoms with Crippen molar-refractivity contribution < 1.29 is 0 Å². The lowest BCUT2D eigenvalue weighted by Gasteiger charge is -2.18. The summed E-state index contributed by atoms with van der Waals surface area (Å²) in [7, 11) is 0. The lowest BCUT2D eigenvalue weighted by atomic mass is 9.96. The lowest BCUT2D eigenvalue weighted by Crippen LogP contribution is -2.19. The van der Waals surface area contributed by atoms with Gasteiger partial charge in [0.05, 0.1) is 0 Å². The minimum absolute atomic E-state index is 0.0306. The fourth-order valence-electron chi connectivity index (χ4n) is 1.12. The van der Waals surface area contributed by atoms with Gasteiger partial charge in [-0.05, 0) is 29.8 Å². The summed E-state index contributed by atoms with van der Waals surface area (Å²) in [6.07, 6.45) is 0. The predicted molar refractivity (Wildman–Crippen MR) is 67.2 cm³/mol. The third-order valence-corrected chi connectivity index (χ3v) is 2.21. The van der Waals surface area contributed by atoms with Gasteiger partial charge in [-0.15, -0.1) is 0 Å². The van der Waals surface area contributed by atoms with Crippen LogP contribution in [0.25, 0.3) is 0 Å². The van der Waals surface area contributed by atoms with Crippen molar-refractivity contribution in [1.29, 1.82) is 0 Å². The molecule has 1 N–H and O–H groups in total. The van der Waals surface area contributed by atoms with Gasteiger partial charge in [0.25, 0.3) is 0 Å².